The molecule has 0 spiro atoms. The summed E-state index contributed by atoms with van der Waals surface area (Å²) in [4.78, 5) is 13.8. The van der Waals surface area contributed by atoms with E-state index in [2.05, 4.69) is 4.98 Å². The SMILES string of the molecule is Cc1c[nH]c(CN)c(C(F)F)c1=O. The van der Waals surface area contributed by atoms with Crippen molar-refractivity contribution in [2.75, 3.05) is 0 Å². The molecule has 0 saturated carbocycles. The normalized spacial score (nSPS) is 10.8. The van der Waals surface area contributed by atoms with Crippen LogP contribution in [0.2, 0.25) is 0 Å². The van der Waals surface area contributed by atoms with Gasteiger partial charge in [0.1, 0.15) is 0 Å². The Kier molecular flexibility index (Phi) is 2.77. The summed E-state index contributed by atoms with van der Waals surface area (Å²) in [5, 5.41) is 0. The lowest BCUT2D eigenvalue weighted by Crippen LogP contribution is -2.18. The van der Waals surface area contributed by atoms with E-state index in [4.69, 9.17) is 5.73 Å². The second-order valence-corrected chi connectivity index (χ2v) is 2.70. The number of hydrogen-bond donors (Lipinski definition) is 2. The number of aromatic amines is 1. The van der Waals surface area contributed by atoms with Gasteiger partial charge in [0.25, 0.3) is 6.43 Å². The van der Waals surface area contributed by atoms with Gasteiger partial charge in [-0.05, 0) is 6.92 Å². The third-order valence-electron chi connectivity index (χ3n) is 1.81. The molecule has 5 heteroatoms. The fourth-order valence-electron chi connectivity index (χ4n) is 1.09. The molecule has 1 aromatic heterocycles. The quantitative estimate of drug-likeness (QED) is 0.729. The second kappa shape index (κ2) is 3.66. The van der Waals surface area contributed by atoms with Gasteiger partial charge >= 0.3 is 0 Å². The highest BCUT2D eigenvalue weighted by atomic mass is 19.3. The molecule has 3 nitrogen and oxygen atoms in total. The van der Waals surface area contributed by atoms with Gasteiger partial charge in [-0.15, -0.1) is 0 Å². The molecule has 0 aromatic carbocycles. The molecule has 0 bridgehead atoms. The van der Waals surface area contributed by atoms with Crippen molar-refractivity contribution in [3.8, 4) is 0 Å². The van der Waals surface area contributed by atoms with Gasteiger partial charge in [-0.3, -0.25) is 4.79 Å². The predicted molar refractivity (Wildman–Crippen MR) is 44.6 cm³/mol. The average Bonchev–Trinajstić information content (AvgIpc) is 2.08. The third-order valence-corrected chi connectivity index (χ3v) is 1.81. The molecule has 3 N–H and O–H groups in total. The zero-order chi connectivity index (χ0) is 10.0. The van der Waals surface area contributed by atoms with E-state index in [1.165, 1.54) is 13.1 Å². The van der Waals surface area contributed by atoms with Gasteiger partial charge in [0.2, 0.25) is 0 Å². The van der Waals surface area contributed by atoms with E-state index in [0.29, 0.717) is 0 Å². The molecule has 13 heavy (non-hydrogen) atoms. The number of hydrogen-bond acceptors (Lipinski definition) is 2. The van der Waals surface area contributed by atoms with E-state index < -0.39 is 17.4 Å². The van der Waals surface area contributed by atoms with E-state index in [1.54, 1.807) is 0 Å². The minimum atomic E-state index is -2.78. The van der Waals surface area contributed by atoms with Crippen molar-refractivity contribution in [2.45, 2.75) is 19.9 Å². The lowest BCUT2D eigenvalue weighted by atomic mass is 10.1. The molecule has 0 fully saturated rings. The Bertz CT molecular complexity index is 360. The molecule has 72 valence electrons. The summed E-state index contributed by atoms with van der Waals surface area (Å²) in [5.74, 6) is 0. The Morgan fingerprint density at radius 2 is 2.23 bits per heavy atom. The van der Waals surface area contributed by atoms with E-state index in [9.17, 15) is 13.6 Å². The summed E-state index contributed by atoms with van der Waals surface area (Å²) in [7, 11) is 0. The maximum Gasteiger partial charge on any atom is 0.269 e. The van der Waals surface area contributed by atoms with Crippen LogP contribution in [0.5, 0.6) is 0 Å². The zero-order valence-electron chi connectivity index (χ0n) is 7.10. The van der Waals surface area contributed by atoms with Gasteiger partial charge in [-0.2, -0.15) is 0 Å². The van der Waals surface area contributed by atoms with Crippen LogP contribution in [0, 0.1) is 6.92 Å². The van der Waals surface area contributed by atoms with E-state index in [-0.39, 0.29) is 17.8 Å². The first-order chi connectivity index (χ1) is 6.07. The summed E-state index contributed by atoms with van der Waals surface area (Å²) < 4.78 is 24.8. The van der Waals surface area contributed by atoms with Crippen LogP contribution < -0.4 is 11.2 Å². The average molecular weight is 188 g/mol. The van der Waals surface area contributed by atoms with Crippen LogP contribution >= 0.6 is 0 Å². The molecule has 0 unspecified atom stereocenters. The van der Waals surface area contributed by atoms with E-state index in [1.807, 2.05) is 0 Å². The number of halogens is 2. The second-order valence-electron chi connectivity index (χ2n) is 2.70. The lowest BCUT2D eigenvalue weighted by Gasteiger charge is -2.06. The number of H-pyrrole nitrogens is 1. The number of alkyl halides is 2. The van der Waals surface area contributed by atoms with Gasteiger partial charge in [-0.25, -0.2) is 8.78 Å². The summed E-state index contributed by atoms with van der Waals surface area (Å²) in [5.41, 5.74) is 4.44. The highest BCUT2D eigenvalue weighted by Gasteiger charge is 2.17. The van der Waals surface area contributed by atoms with Gasteiger partial charge in [0, 0.05) is 24.0 Å². The highest BCUT2D eigenvalue weighted by Crippen LogP contribution is 2.17. The topological polar surface area (TPSA) is 58.9 Å². The van der Waals surface area contributed by atoms with Crippen LogP contribution in [0.25, 0.3) is 0 Å². The Morgan fingerprint density at radius 1 is 1.62 bits per heavy atom. The van der Waals surface area contributed by atoms with Crippen LogP contribution in [0.15, 0.2) is 11.0 Å². The molecule has 0 aliphatic rings. The Balaban J connectivity index is 3.42. The first-order valence-electron chi connectivity index (χ1n) is 3.77. The van der Waals surface area contributed by atoms with Crippen LogP contribution in [0.4, 0.5) is 8.78 Å². The Labute approximate surface area is 73.6 Å². The van der Waals surface area contributed by atoms with Crippen molar-refractivity contribution >= 4 is 0 Å². The van der Waals surface area contributed by atoms with Crippen LogP contribution in [0.3, 0.4) is 0 Å². The summed E-state index contributed by atoms with van der Waals surface area (Å²) in [6.07, 6.45) is -1.39. The van der Waals surface area contributed by atoms with E-state index in [0.717, 1.165) is 0 Å². The molecular weight excluding hydrogens is 178 g/mol. The van der Waals surface area contributed by atoms with Crippen LogP contribution in [-0.4, -0.2) is 4.98 Å². The van der Waals surface area contributed by atoms with Gasteiger partial charge in [0.05, 0.1) is 5.56 Å². The van der Waals surface area contributed by atoms with Crippen molar-refractivity contribution < 1.29 is 8.78 Å². The van der Waals surface area contributed by atoms with Crippen molar-refractivity contribution in [3.05, 3.63) is 33.2 Å². The Morgan fingerprint density at radius 3 is 2.69 bits per heavy atom. The number of pyridine rings is 1. The fraction of sp³-hybridized carbons (Fsp3) is 0.375. The number of nitrogens with two attached hydrogens (primary N) is 1. The molecule has 0 radical (unpaired) electrons. The van der Waals surface area contributed by atoms with Gasteiger partial charge in [0.15, 0.2) is 5.43 Å². The summed E-state index contributed by atoms with van der Waals surface area (Å²) >= 11 is 0. The standard InChI is InChI=1S/C8H10F2N2O/c1-4-3-12-5(2-11)6(7(4)13)8(9)10/h3,8H,2,11H2,1H3,(H,12,13). The first kappa shape index (κ1) is 9.85. The molecule has 0 aliphatic carbocycles. The summed E-state index contributed by atoms with van der Waals surface area (Å²) in [6, 6.07) is 0. The molecule has 1 heterocycles. The van der Waals surface area contributed by atoms with Gasteiger partial charge < -0.3 is 10.7 Å². The van der Waals surface area contributed by atoms with Crippen molar-refractivity contribution in [1.82, 2.24) is 4.98 Å². The van der Waals surface area contributed by atoms with Crippen molar-refractivity contribution in [1.29, 1.82) is 0 Å². The molecule has 1 aromatic rings. The first-order valence-corrected chi connectivity index (χ1v) is 3.77. The third kappa shape index (κ3) is 1.75. The van der Waals surface area contributed by atoms with Crippen molar-refractivity contribution in [3.63, 3.8) is 0 Å². The molecular formula is C8H10F2N2O. The largest absolute Gasteiger partial charge is 0.363 e. The molecule has 0 atom stereocenters. The number of aromatic nitrogens is 1. The highest BCUT2D eigenvalue weighted by molar-refractivity contribution is 5.25. The molecule has 1 rings (SSSR count). The minimum absolute atomic E-state index is 0.0881. The lowest BCUT2D eigenvalue weighted by molar-refractivity contribution is 0.148. The number of aryl methyl sites for hydroxylation is 1. The van der Waals surface area contributed by atoms with Crippen LogP contribution in [0.1, 0.15) is 23.2 Å². The fourth-order valence-corrected chi connectivity index (χ4v) is 1.09. The van der Waals surface area contributed by atoms with Crippen molar-refractivity contribution in [2.24, 2.45) is 5.73 Å². The Hall–Kier alpha value is -1.23. The monoisotopic (exact) mass is 188 g/mol. The number of nitrogens with one attached hydrogen (secondary N) is 1. The number of rotatable bonds is 2. The summed E-state index contributed by atoms with van der Waals surface area (Å²) in [6.45, 7) is 1.39. The maximum atomic E-state index is 12.4. The maximum absolute atomic E-state index is 12.4. The molecule has 0 saturated heterocycles. The molecule has 0 amide bonds. The molecule has 0 aliphatic heterocycles. The zero-order valence-corrected chi connectivity index (χ0v) is 7.10. The minimum Gasteiger partial charge on any atom is -0.363 e. The van der Waals surface area contributed by atoms with Gasteiger partial charge in [-0.1, -0.05) is 0 Å². The van der Waals surface area contributed by atoms with Crippen LogP contribution in [-0.2, 0) is 6.54 Å². The smallest absolute Gasteiger partial charge is 0.269 e. The predicted octanol–water partition coefficient (Wildman–Crippen LogP) is 1.08. The van der Waals surface area contributed by atoms with E-state index >= 15 is 0 Å².